The molecule has 204 valence electrons. The molecule has 0 saturated carbocycles. The summed E-state index contributed by atoms with van der Waals surface area (Å²) in [6, 6.07) is 17.5. The van der Waals surface area contributed by atoms with Gasteiger partial charge in [0.2, 0.25) is 21.8 Å². The summed E-state index contributed by atoms with van der Waals surface area (Å²) in [6.45, 7) is 4.85. The van der Waals surface area contributed by atoms with Gasteiger partial charge < -0.3 is 15.0 Å². The minimum Gasteiger partial charge on any atom is -0.461 e. The summed E-state index contributed by atoms with van der Waals surface area (Å²) in [5, 5.41) is 2.70. The Bertz CT molecular complexity index is 1180. The molecule has 1 fully saturated rings. The van der Waals surface area contributed by atoms with E-state index >= 15 is 0 Å². The number of hydrogen-bond acceptors (Lipinski definition) is 6. The fourth-order valence-electron chi connectivity index (χ4n) is 4.26. The Morgan fingerprint density at radius 1 is 0.947 bits per heavy atom. The van der Waals surface area contributed by atoms with E-state index in [4.69, 9.17) is 4.74 Å². The first-order valence-corrected chi connectivity index (χ1v) is 14.2. The van der Waals surface area contributed by atoms with Crippen LogP contribution in [-0.4, -0.2) is 68.1 Å². The van der Waals surface area contributed by atoms with Gasteiger partial charge in [-0.15, -0.1) is 0 Å². The summed E-state index contributed by atoms with van der Waals surface area (Å²) in [7, 11) is -3.63. The van der Waals surface area contributed by atoms with E-state index in [-0.39, 0.29) is 55.9 Å². The van der Waals surface area contributed by atoms with E-state index in [1.807, 2.05) is 30.3 Å². The van der Waals surface area contributed by atoms with Crippen LogP contribution in [0.15, 0.2) is 78.2 Å². The van der Waals surface area contributed by atoms with Gasteiger partial charge in [0.1, 0.15) is 6.61 Å². The predicted molar refractivity (Wildman–Crippen MR) is 143 cm³/mol. The SMILES string of the molecule is C=CC(=O)NCCCC[C@H](CC(=O)OCc1ccccc1)C(=O)N1CCN(S(=O)(=O)c2ccccc2)CC1. The van der Waals surface area contributed by atoms with Crippen LogP contribution < -0.4 is 5.32 Å². The molecule has 10 heteroatoms. The van der Waals surface area contributed by atoms with E-state index in [0.29, 0.717) is 25.8 Å². The van der Waals surface area contributed by atoms with E-state index < -0.39 is 21.9 Å². The van der Waals surface area contributed by atoms with Crippen molar-refractivity contribution in [2.75, 3.05) is 32.7 Å². The van der Waals surface area contributed by atoms with Gasteiger partial charge in [-0.25, -0.2) is 8.42 Å². The van der Waals surface area contributed by atoms with Crippen molar-refractivity contribution in [3.05, 3.63) is 78.9 Å². The fraction of sp³-hybridized carbons (Fsp3) is 0.393. The zero-order chi connectivity index (χ0) is 27.4. The molecule has 1 heterocycles. The molecule has 1 aliphatic heterocycles. The second-order valence-electron chi connectivity index (χ2n) is 9.08. The van der Waals surface area contributed by atoms with Gasteiger partial charge in [-0.3, -0.25) is 14.4 Å². The monoisotopic (exact) mass is 541 g/mol. The maximum atomic E-state index is 13.4. The first-order chi connectivity index (χ1) is 18.3. The van der Waals surface area contributed by atoms with Crippen LogP contribution in [0.2, 0.25) is 0 Å². The number of esters is 1. The number of unbranched alkanes of at least 4 members (excludes halogenated alkanes) is 1. The molecule has 1 saturated heterocycles. The quantitative estimate of drug-likeness (QED) is 0.237. The van der Waals surface area contributed by atoms with Crippen molar-refractivity contribution >= 4 is 27.8 Å². The summed E-state index contributed by atoms with van der Waals surface area (Å²) >= 11 is 0. The number of amides is 2. The number of ether oxygens (including phenoxy) is 1. The molecule has 0 aromatic heterocycles. The summed E-state index contributed by atoms with van der Waals surface area (Å²) in [4.78, 5) is 39.2. The number of piperazine rings is 1. The van der Waals surface area contributed by atoms with Crippen LogP contribution in [0.25, 0.3) is 0 Å². The predicted octanol–water partition coefficient (Wildman–Crippen LogP) is 2.74. The lowest BCUT2D eigenvalue weighted by atomic mass is 9.96. The first kappa shape index (κ1) is 29.1. The molecule has 9 nitrogen and oxygen atoms in total. The van der Waals surface area contributed by atoms with E-state index in [1.165, 1.54) is 10.4 Å². The summed E-state index contributed by atoms with van der Waals surface area (Å²) < 4.78 is 32.7. The highest BCUT2D eigenvalue weighted by Gasteiger charge is 2.33. The van der Waals surface area contributed by atoms with Gasteiger partial charge in [0.15, 0.2) is 0 Å². The van der Waals surface area contributed by atoms with Crippen LogP contribution in [-0.2, 0) is 35.8 Å². The largest absolute Gasteiger partial charge is 0.461 e. The standard InChI is InChI=1S/C28H35N3O6S/c1-2-26(32)29-16-10-9-13-24(21-27(33)37-22-23-11-5-3-6-12-23)28(34)30-17-19-31(20-18-30)38(35,36)25-14-7-4-8-15-25/h2-8,11-12,14-15,24H,1,9-10,13,16-22H2,(H,29,32)/t24-/m1/s1. The molecular formula is C28H35N3O6S. The zero-order valence-electron chi connectivity index (χ0n) is 21.5. The molecule has 0 spiro atoms. The lowest BCUT2D eigenvalue weighted by molar-refractivity contribution is -0.150. The number of nitrogens with zero attached hydrogens (tertiary/aromatic N) is 2. The third-order valence-electron chi connectivity index (χ3n) is 6.40. The molecule has 1 aliphatic rings. The maximum absolute atomic E-state index is 13.4. The van der Waals surface area contributed by atoms with Crippen LogP contribution in [0.5, 0.6) is 0 Å². The molecule has 1 N–H and O–H groups in total. The Morgan fingerprint density at radius 3 is 2.21 bits per heavy atom. The average molecular weight is 542 g/mol. The van der Waals surface area contributed by atoms with Crippen molar-refractivity contribution in [2.45, 2.75) is 37.2 Å². The Hall–Kier alpha value is -3.50. The van der Waals surface area contributed by atoms with Crippen LogP contribution >= 0.6 is 0 Å². The average Bonchev–Trinajstić information content (AvgIpc) is 2.95. The summed E-state index contributed by atoms with van der Waals surface area (Å²) in [5.74, 6) is -1.50. The molecule has 3 rings (SSSR count). The molecule has 38 heavy (non-hydrogen) atoms. The molecule has 2 aromatic carbocycles. The van der Waals surface area contributed by atoms with Gasteiger partial charge in [-0.05, 0) is 36.6 Å². The Labute approximate surface area is 224 Å². The number of carbonyl (C=O) groups is 3. The van der Waals surface area contributed by atoms with E-state index in [9.17, 15) is 22.8 Å². The van der Waals surface area contributed by atoms with Crippen molar-refractivity contribution in [2.24, 2.45) is 5.92 Å². The second kappa shape index (κ2) is 14.4. The fourth-order valence-corrected chi connectivity index (χ4v) is 5.70. The van der Waals surface area contributed by atoms with E-state index in [0.717, 1.165) is 5.56 Å². The topological polar surface area (TPSA) is 113 Å². The lowest BCUT2D eigenvalue weighted by Gasteiger charge is -2.35. The van der Waals surface area contributed by atoms with Crippen molar-refractivity contribution < 1.29 is 27.5 Å². The smallest absolute Gasteiger partial charge is 0.306 e. The van der Waals surface area contributed by atoms with Gasteiger partial charge in [0, 0.05) is 38.6 Å². The number of carbonyl (C=O) groups excluding carboxylic acids is 3. The Kier molecular flexibility index (Phi) is 11.0. The van der Waals surface area contributed by atoms with Crippen LogP contribution in [0.4, 0.5) is 0 Å². The molecule has 0 bridgehead atoms. The number of rotatable bonds is 13. The molecule has 2 amide bonds. The maximum Gasteiger partial charge on any atom is 0.306 e. The van der Waals surface area contributed by atoms with Crippen molar-refractivity contribution in [3.63, 3.8) is 0 Å². The van der Waals surface area contributed by atoms with Crippen molar-refractivity contribution in [1.29, 1.82) is 0 Å². The van der Waals surface area contributed by atoms with Gasteiger partial charge in [0.25, 0.3) is 0 Å². The third-order valence-corrected chi connectivity index (χ3v) is 8.31. The summed E-state index contributed by atoms with van der Waals surface area (Å²) in [6.07, 6.45) is 2.86. The number of hydrogen-bond donors (Lipinski definition) is 1. The first-order valence-electron chi connectivity index (χ1n) is 12.7. The molecule has 2 aromatic rings. The van der Waals surface area contributed by atoms with Crippen LogP contribution in [0, 0.1) is 5.92 Å². The van der Waals surface area contributed by atoms with Crippen molar-refractivity contribution in [3.8, 4) is 0 Å². The van der Waals surface area contributed by atoms with E-state index in [1.54, 1.807) is 35.2 Å². The normalized spacial score (nSPS) is 14.9. The van der Waals surface area contributed by atoms with Gasteiger partial charge in [0.05, 0.1) is 11.3 Å². The summed E-state index contributed by atoms with van der Waals surface area (Å²) in [5.41, 5.74) is 0.859. The molecule has 0 aliphatic carbocycles. The Morgan fingerprint density at radius 2 is 1.58 bits per heavy atom. The third kappa shape index (κ3) is 8.53. The number of nitrogens with one attached hydrogen (secondary N) is 1. The molecular weight excluding hydrogens is 506 g/mol. The highest BCUT2D eigenvalue weighted by atomic mass is 32.2. The zero-order valence-corrected chi connectivity index (χ0v) is 22.3. The second-order valence-corrected chi connectivity index (χ2v) is 11.0. The minimum absolute atomic E-state index is 0.0623. The van der Waals surface area contributed by atoms with Crippen LogP contribution in [0.3, 0.4) is 0 Å². The highest BCUT2D eigenvalue weighted by molar-refractivity contribution is 7.89. The van der Waals surface area contributed by atoms with Crippen LogP contribution in [0.1, 0.15) is 31.2 Å². The minimum atomic E-state index is -3.63. The van der Waals surface area contributed by atoms with Gasteiger partial charge in [-0.1, -0.05) is 61.5 Å². The molecule has 0 radical (unpaired) electrons. The van der Waals surface area contributed by atoms with E-state index in [2.05, 4.69) is 11.9 Å². The number of benzene rings is 2. The van der Waals surface area contributed by atoms with Gasteiger partial charge in [-0.2, -0.15) is 4.31 Å². The Balaban J connectivity index is 1.58. The number of sulfonamides is 1. The highest BCUT2D eigenvalue weighted by Crippen LogP contribution is 2.21. The van der Waals surface area contributed by atoms with Gasteiger partial charge >= 0.3 is 5.97 Å². The lowest BCUT2D eigenvalue weighted by Crippen LogP contribution is -2.52. The molecule has 1 atom stereocenters. The molecule has 0 unspecified atom stereocenters. The van der Waals surface area contributed by atoms with Crippen molar-refractivity contribution in [1.82, 2.24) is 14.5 Å².